The summed E-state index contributed by atoms with van der Waals surface area (Å²) in [6.45, 7) is 0. The fourth-order valence-corrected chi connectivity index (χ4v) is 3.27. The van der Waals surface area contributed by atoms with Gasteiger partial charge in [-0.05, 0) is 23.8 Å². The molecular weight excluding hydrogens is 399 g/mol. The number of aromatic nitrogens is 1. The van der Waals surface area contributed by atoms with E-state index in [-0.39, 0.29) is 16.8 Å². The molecule has 1 aromatic carbocycles. The van der Waals surface area contributed by atoms with Gasteiger partial charge in [-0.1, -0.05) is 29.3 Å². The summed E-state index contributed by atoms with van der Waals surface area (Å²) in [5, 5.41) is 0.0503. The maximum Gasteiger partial charge on any atom is 0.419 e. The summed E-state index contributed by atoms with van der Waals surface area (Å²) in [7, 11) is 0. The number of halogens is 8. The number of thioether (sulfide) groups is 1. The second-order valence-corrected chi connectivity index (χ2v) is 6.40. The number of benzene rings is 1. The fraction of sp³-hybridized carbons (Fsp3) is 0.214. The summed E-state index contributed by atoms with van der Waals surface area (Å²) >= 11 is 12.3. The van der Waals surface area contributed by atoms with E-state index in [1.807, 2.05) is 0 Å². The molecule has 0 bridgehead atoms. The fourth-order valence-electron chi connectivity index (χ4n) is 1.71. The van der Waals surface area contributed by atoms with Crippen molar-refractivity contribution in [3.05, 3.63) is 57.2 Å². The van der Waals surface area contributed by atoms with E-state index in [1.54, 1.807) is 0 Å². The number of alkyl halides is 6. The Kier molecular flexibility index (Phi) is 5.61. The van der Waals surface area contributed by atoms with Gasteiger partial charge in [0.05, 0.1) is 11.1 Å². The first-order valence-corrected chi connectivity index (χ1v) is 7.94. The van der Waals surface area contributed by atoms with Crippen LogP contribution in [0.4, 0.5) is 26.3 Å². The smallest absolute Gasteiger partial charge is 0.249 e. The first-order valence-electron chi connectivity index (χ1n) is 6.19. The second kappa shape index (κ2) is 7.01. The molecule has 0 N–H and O–H groups in total. The Bertz CT molecular complexity index is 745. The van der Waals surface area contributed by atoms with Crippen molar-refractivity contribution in [3.63, 3.8) is 0 Å². The van der Waals surface area contributed by atoms with Gasteiger partial charge in [-0.25, -0.2) is 4.98 Å². The Morgan fingerprint density at radius 1 is 0.958 bits per heavy atom. The van der Waals surface area contributed by atoms with Crippen LogP contribution in [-0.4, -0.2) is 4.98 Å². The zero-order chi connectivity index (χ0) is 18.1. The van der Waals surface area contributed by atoms with Crippen LogP contribution in [0, 0.1) is 0 Å². The Labute approximate surface area is 147 Å². The largest absolute Gasteiger partial charge is 0.419 e. The van der Waals surface area contributed by atoms with Crippen molar-refractivity contribution < 1.29 is 26.3 Å². The zero-order valence-corrected chi connectivity index (χ0v) is 13.8. The maximum atomic E-state index is 13.0. The van der Waals surface area contributed by atoms with E-state index < -0.39 is 28.5 Å². The van der Waals surface area contributed by atoms with E-state index in [2.05, 4.69) is 4.98 Å². The van der Waals surface area contributed by atoms with Gasteiger partial charge in [0.2, 0.25) is 0 Å². The van der Waals surface area contributed by atoms with Gasteiger partial charge in [-0.2, -0.15) is 26.3 Å². The molecule has 0 aliphatic carbocycles. The molecule has 1 nitrogen and oxygen atoms in total. The molecule has 0 aliphatic heterocycles. The minimum absolute atomic E-state index is 0.00253. The Morgan fingerprint density at radius 2 is 1.62 bits per heavy atom. The summed E-state index contributed by atoms with van der Waals surface area (Å²) in [5.41, 5.74) is -2.41. The molecule has 0 atom stereocenters. The van der Waals surface area contributed by atoms with Gasteiger partial charge in [-0.3, -0.25) is 0 Å². The van der Waals surface area contributed by atoms with Crippen LogP contribution < -0.4 is 0 Å². The predicted octanol–water partition coefficient (Wildman–Crippen LogP) is 6.72. The van der Waals surface area contributed by atoms with Gasteiger partial charge in [0, 0.05) is 22.0 Å². The van der Waals surface area contributed by atoms with Gasteiger partial charge >= 0.3 is 12.4 Å². The van der Waals surface area contributed by atoms with Gasteiger partial charge in [0.15, 0.2) is 0 Å². The normalized spacial score (nSPS) is 12.5. The average Bonchev–Trinajstić information content (AvgIpc) is 2.44. The summed E-state index contributed by atoms with van der Waals surface area (Å²) < 4.78 is 76.8. The van der Waals surface area contributed by atoms with Crippen LogP contribution in [0.25, 0.3) is 0 Å². The minimum atomic E-state index is -4.96. The van der Waals surface area contributed by atoms with Gasteiger partial charge in [0.25, 0.3) is 0 Å². The minimum Gasteiger partial charge on any atom is -0.249 e. The molecule has 1 aromatic heterocycles. The zero-order valence-electron chi connectivity index (χ0n) is 11.5. The lowest BCUT2D eigenvalue weighted by Gasteiger charge is -2.14. The van der Waals surface area contributed by atoms with Crippen LogP contribution in [0.3, 0.4) is 0 Å². The lowest BCUT2D eigenvalue weighted by Crippen LogP contribution is -2.13. The van der Waals surface area contributed by atoms with Crippen LogP contribution in [0.15, 0.2) is 35.5 Å². The Hall–Kier alpha value is -1.12. The molecule has 0 fully saturated rings. The highest BCUT2D eigenvalue weighted by Gasteiger charge is 2.39. The molecule has 130 valence electrons. The maximum absolute atomic E-state index is 13.0. The van der Waals surface area contributed by atoms with E-state index in [4.69, 9.17) is 23.2 Å². The van der Waals surface area contributed by atoms with Crippen LogP contribution in [0.5, 0.6) is 0 Å². The third-order valence-electron chi connectivity index (χ3n) is 2.86. The van der Waals surface area contributed by atoms with Gasteiger partial charge in [-0.15, -0.1) is 11.8 Å². The molecule has 0 aliphatic rings. The molecule has 1 heterocycles. The van der Waals surface area contributed by atoms with Crippen molar-refractivity contribution in [1.29, 1.82) is 0 Å². The van der Waals surface area contributed by atoms with Gasteiger partial charge in [0.1, 0.15) is 5.03 Å². The van der Waals surface area contributed by atoms with Crippen LogP contribution >= 0.6 is 35.0 Å². The van der Waals surface area contributed by atoms with Crippen LogP contribution in [0.2, 0.25) is 10.0 Å². The van der Waals surface area contributed by atoms with E-state index in [9.17, 15) is 26.3 Å². The molecule has 24 heavy (non-hydrogen) atoms. The van der Waals surface area contributed by atoms with Crippen molar-refractivity contribution in [1.82, 2.24) is 4.98 Å². The topological polar surface area (TPSA) is 12.9 Å². The lowest BCUT2D eigenvalue weighted by atomic mass is 10.2. The second-order valence-electron chi connectivity index (χ2n) is 4.60. The molecule has 0 saturated carbocycles. The highest BCUT2D eigenvalue weighted by Crippen LogP contribution is 2.40. The average molecular weight is 406 g/mol. The van der Waals surface area contributed by atoms with E-state index in [1.165, 1.54) is 18.2 Å². The number of nitrogens with zero attached hydrogens (tertiary/aromatic N) is 1. The predicted molar refractivity (Wildman–Crippen MR) is 80.3 cm³/mol. The van der Waals surface area contributed by atoms with E-state index in [0.29, 0.717) is 28.5 Å². The number of pyridine rings is 1. The summed E-state index contributed by atoms with van der Waals surface area (Å²) in [4.78, 5) is 3.33. The van der Waals surface area contributed by atoms with Crippen LogP contribution in [-0.2, 0) is 18.1 Å². The molecule has 2 aromatic rings. The number of hydrogen-bond donors (Lipinski definition) is 0. The monoisotopic (exact) mass is 405 g/mol. The SMILES string of the molecule is FC(F)(F)c1cnc(SCc2ccc(Cl)cc2Cl)c(C(F)(F)F)c1. The first kappa shape index (κ1) is 19.2. The van der Waals surface area contributed by atoms with Crippen LogP contribution in [0.1, 0.15) is 16.7 Å². The molecule has 0 saturated heterocycles. The Morgan fingerprint density at radius 3 is 2.17 bits per heavy atom. The molecule has 0 radical (unpaired) electrons. The quantitative estimate of drug-likeness (QED) is 0.415. The molecule has 0 unspecified atom stereocenters. The molecular formula is C14H7Cl2F6NS. The van der Waals surface area contributed by atoms with E-state index in [0.717, 1.165) is 0 Å². The highest BCUT2D eigenvalue weighted by molar-refractivity contribution is 7.98. The third-order valence-corrected chi connectivity index (χ3v) is 4.50. The highest BCUT2D eigenvalue weighted by atomic mass is 35.5. The van der Waals surface area contributed by atoms with Gasteiger partial charge < -0.3 is 0 Å². The summed E-state index contributed by atoms with van der Waals surface area (Å²) in [6, 6.07) is 4.51. The first-order chi connectivity index (χ1) is 11.0. The molecule has 2 rings (SSSR count). The summed E-state index contributed by atoms with van der Waals surface area (Å²) in [5.74, 6) is -0.00253. The van der Waals surface area contributed by atoms with Crippen molar-refractivity contribution in [3.8, 4) is 0 Å². The molecule has 0 spiro atoms. The van der Waals surface area contributed by atoms with Crippen molar-refractivity contribution >= 4 is 35.0 Å². The summed E-state index contributed by atoms with van der Waals surface area (Å²) in [6.07, 6.45) is -9.49. The van der Waals surface area contributed by atoms with Crippen molar-refractivity contribution in [2.24, 2.45) is 0 Å². The molecule has 0 amide bonds. The Balaban J connectivity index is 2.32. The standard InChI is InChI=1S/C14H7Cl2F6NS/c15-9-2-1-7(11(16)4-9)6-24-12-10(14(20,21)22)3-8(5-23-12)13(17,18)19/h1-5H,6H2. The number of rotatable bonds is 3. The third kappa shape index (κ3) is 4.70. The lowest BCUT2D eigenvalue weighted by molar-refractivity contribution is -0.145. The van der Waals surface area contributed by atoms with Crippen molar-refractivity contribution in [2.75, 3.05) is 0 Å². The number of hydrogen-bond acceptors (Lipinski definition) is 2. The van der Waals surface area contributed by atoms with E-state index >= 15 is 0 Å². The van der Waals surface area contributed by atoms with Crippen molar-refractivity contribution in [2.45, 2.75) is 23.1 Å². The molecule has 10 heteroatoms.